The first-order chi connectivity index (χ1) is 16.1. The number of carbonyl (C=O) groups is 2. The Kier molecular flexibility index (Phi) is 7.64. The number of carbonyl (C=O) groups excluding carboxylic acids is 2. The van der Waals surface area contributed by atoms with Crippen LogP contribution in [-0.2, 0) is 16.0 Å². The van der Waals surface area contributed by atoms with Crippen molar-refractivity contribution in [2.75, 3.05) is 13.1 Å². The Morgan fingerprint density at radius 1 is 1.29 bits per heavy atom. The topological polar surface area (TPSA) is 100 Å². The second-order valence-electron chi connectivity index (χ2n) is 10.5. The second-order valence-corrected chi connectivity index (χ2v) is 12.3. The van der Waals surface area contributed by atoms with Crippen LogP contribution in [0, 0.1) is 5.41 Å². The normalized spacial score (nSPS) is 21.6. The minimum Gasteiger partial charge on any atom is -0.391 e. The zero-order chi connectivity index (χ0) is 24.5. The molecule has 2 aliphatic rings. The molecule has 3 heterocycles. The van der Waals surface area contributed by atoms with Crippen LogP contribution in [0.2, 0.25) is 4.34 Å². The number of aliphatic hydroxyl groups excluding tert-OH is 1. The van der Waals surface area contributed by atoms with Crippen LogP contribution in [0.15, 0.2) is 18.3 Å². The number of rotatable bonds is 9. The van der Waals surface area contributed by atoms with Gasteiger partial charge in [-0.3, -0.25) is 9.59 Å². The highest BCUT2D eigenvalue weighted by Gasteiger charge is 2.45. The highest BCUT2D eigenvalue weighted by molar-refractivity contribution is 7.16. The molecule has 186 valence electrons. The van der Waals surface area contributed by atoms with Crippen LogP contribution in [0.5, 0.6) is 0 Å². The van der Waals surface area contributed by atoms with Crippen LogP contribution >= 0.6 is 22.9 Å². The smallest absolute Gasteiger partial charge is 0.248 e. The maximum atomic E-state index is 13.7. The molecule has 2 unspecified atom stereocenters. The van der Waals surface area contributed by atoms with Gasteiger partial charge in [-0.1, -0.05) is 37.6 Å². The van der Waals surface area contributed by atoms with Gasteiger partial charge >= 0.3 is 0 Å². The molecule has 3 atom stereocenters. The first kappa shape index (κ1) is 25.1. The fourth-order valence-electron chi connectivity index (χ4n) is 4.57. The van der Waals surface area contributed by atoms with E-state index in [0.29, 0.717) is 12.5 Å². The fourth-order valence-corrected chi connectivity index (χ4v) is 5.70. The SMILES string of the molecule is CC(C)(C)[C@@H](C(=O)N1CC(O)CC1C(=O)NCCCCc1ccc(Cl)s1)n1cc(C2CC2)nn1. The molecule has 0 aromatic carbocycles. The summed E-state index contributed by atoms with van der Waals surface area (Å²) in [6, 6.07) is 2.64. The molecule has 0 radical (unpaired) electrons. The number of aliphatic hydroxyl groups is 1. The van der Waals surface area contributed by atoms with E-state index in [1.807, 2.05) is 39.1 Å². The molecule has 1 aliphatic heterocycles. The Hall–Kier alpha value is -1.97. The van der Waals surface area contributed by atoms with E-state index in [-0.39, 0.29) is 24.8 Å². The molecule has 2 aromatic rings. The number of thiophene rings is 1. The van der Waals surface area contributed by atoms with Gasteiger partial charge in [0.1, 0.15) is 12.1 Å². The van der Waals surface area contributed by atoms with Gasteiger partial charge in [0.2, 0.25) is 11.8 Å². The minimum absolute atomic E-state index is 0.146. The van der Waals surface area contributed by atoms with Gasteiger partial charge in [-0.25, -0.2) is 4.68 Å². The average molecular weight is 508 g/mol. The molecule has 8 nitrogen and oxygen atoms in total. The van der Waals surface area contributed by atoms with E-state index in [2.05, 4.69) is 15.6 Å². The van der Waals surface area contributed by atoms with Crippen molar-refractivity contribution in [2.24, 2.45) is 5.41 Å². The Morgan fingerprint density at radius 3 is 2.71 bits per heavy atom. The molecule has 34 heavy (non-hydrogen) atoms. The van der Waals surface area contributed by atoms with Crippen molar-refractivity contribution in [3.8, 4) is 0 Å². The average Bonchev–Trinajstić information content (AvgIpc) is 3.14. The highest BCUT2D eigenvalue weighted by Crippen LogP contribution is 2.40. The molecule has 0 bridgehead atoms. The highest BCUT2D eigenvalue weighted by atomic mass is 35.5. The molecule has 0 spiro atoms. The maximum absolute atomic E-state index is 13.7. The molecule has 1 saturated heterocycles. The summed E-state index contributed by atoms with van der Waals surface area (Å²) in [6.45, 7) is 6.62. The van der Waals surface area contributed by atoms with E-state index < -0.39 is 23.6 Å². The summed E-state index contributed by atoms with van der Waals surface area (Å²) >= 11 is 7.55. The molecule has 1 aliphatic carbocycles. The van der Waals surface area contributed by atoms with Gasteiger partial charge in [0.15, 0.2) is 0 Å². The Labute approximate surface area is 209 Å². The maximum Gasteiger partial charge on any atom is 0.248 e. The van der Waals surface area contributed by atoms with E-state index in [1.165, 1.54) is 9.78 Å². The van der Waals surface area contributed by atoms with Gasteiger partial charge in [0, 0.05) is 36.5 Å². The van der Waals surface area contributed by atoms with Gasteiger partial charge in [0.25, 0.3) is 0 Å². The van der Waals surface area contributed by atoms with E-state index in [0.717, 1.165) is 42.1 Å². The molecule has 2 amide bonds. The van der Waals surface area contributed by atoms with Crippen molar-refractivity contribution < 1.29 is 14.7 Å². The number of nitrogens with one attached hydrogen (secondary N) is 1. The van der Waals surface area contributed by atoms with Crippen molar-refractivity contribution in [1.29, 1.82) is 0 Å². The van der Waals surface area contributed by atoms with Gasteiger partial charge < -0.3 is 15.3 Å². The quantitative estimate of drug-likeness (QED) is 0.505. The fraction of sp³-hybridized carbons (Fsp3) is 0.667. The lowest BCUT2D eigenvalue weighted by Crippen LogP contribution is -2.50. The third-order valence-corrected chi connectivity index (χ3v) is 7.78. The van der Waals surface area contributed by atoms with Crippen molar-refractivity contribution in [1.82, 2.24) is 25.2 Å². The van der Waals surface area contributed by atoms with E-state index in [9.17, 15) is 14.7 Å². The third-order valence-electron chi connectivity index (χ3n) is 6.49. The summed E-state index contributed by atoms with van der Waals surface area (Å²) in [5.74, 6) is 0.0217. The molecule has 2 N–H and O–H groups in total. The van der Waals surface area contributed by atoms with E-state index in [4.69, 9.17) is 11.6 Å². The van der Waals surface area contributed by atoms with Gasteiger partial charge in [-0.05, 0) is 49.7 Å². The molecule has 4 rings (SSSR count). The summed E-state index contributed by atoms with van der Waals surface area (Å²) in [5.41, 5.74) is 0.479. The van der Waals surface area contributed by atoms with Crippen LogP contribution in [-0.4, -0.2) is 62.0 Å². The number of hydrogen-bond donors (Lipinski definition) is 2. The lowest BCUT2D eigenvalue weighted by atomic mass is 9.85. The van der Waals surface area contributed by atoms with Crippen molar-refractivity contribution in [2.45, 2.75) is 83.4 Å². The third kappa shape index (κ3) is 5.98. The number of unbranched alkanes of at least 4 members (excludes halogenated alkanes) is 1. The van der Waals surface area contributed by atoms with Crippen molar-refractivity contribution in [3.63, 3.8) is 0 Å². The standard InChI is InChI=1S/C24H34ClN5O3S/c1-24(2,3)21(30-14-18(27-28-30)15-7-8-15)23(33)29-13-16(31)12-19(29)22(32)26-11-5-4-6-17-9-10-20(25)34-17/h9-10,14-16,19,21,31H,4-8,11-13H2,1-3H3,(H,26,32)/t16?,19?,21-/m1/s1. The van der Waals surface area contributed by atoms with Gasteiger partial charge in [0.05, 0.1) is 16.1 Å². The van der Waals surface area contributed by atoms with Crippen LogP contribution in [0.3, 0.4) is 0 Å². The predicted molar refractivity (Wildman–Crippen MR) is 132 cm³/mol. The molecular formula is C24H34ClN5O3S. The Balaban J connectivity index is 1.37. The first-order valence-corrected chi connectivity index (χ1v) is 13.2. The zero-order valence-corrected chi connectivity index (χ0v) is 21.6. The van der Waals surface area contributed by atoms with E-state index >= 15 is 0 Å². The van der Waals surface area contributed by atoms with Crippen LogP contribution in [0.25, 0.3) is 0 Å². The van der Waals surface area contributed by atoms with Crippen LogP contribution < -0.4 is 5.32 Å². The predicted octanol–water partition coefficient (Wildman–Crippen LogP) is 3.56. The number of halogens is 1. The summed E-state index contributed by atoms with van der Waals surface area (Å²) in [4.78, 5) is 29.5. The largest absolute Gasteiger partial charge is 0.391 e. The lowest BCUT2D eigenvalue weighted by molar-refractivity contribution is -0.144. The summed E-state index contributed by atoms with van der Waals surface area (Å²) in [6.07, 6.45) is 6.30. The number of aromatic nitrogens is 3. The lowest BCUT2D eigenvalue weighted by Gasteiger charge is -2.34. The summed E-state index contributed by atoms with van der Waals surface area (Å²) in [5, 5.41) is 21.8. The molecule has 2 aromatic heterocycles. The summed E-state index contributed by atoms with van der Waals surface area (Å²) < 4.78 is 2.43. The molecule has 10 heteroatoms. The van der Waals surface area contributed by atoms with E-state index in [1.54, 1.807) is 16.0 Å². The first-order valence-electron chi connectivity index (χ1n) is 12.1. The number of nitrogens with zero attached hydrogens (tertiary/aromatic N) is 4. The zero-order valence-electron chi connectivity index (χ0n) is 20.0. The summed E-state index contributed by atoms with van der Waals surface area (Å²) in [7, 11) is 0. The molecular weight excluding hydrogens is 474 g/mol. The van der Waals surface area contributed by atoms with Crippen molar-refractivity contribution >= 4 is 34.8 Å². The van der Waals surface area contributed by atoms with Crippen LogP contribution in [0.1, 0.15) is 75.4 Å². The number of β-amino-alcohol motifs (C(OH)–C–C–N with tert-alkyl or cyclic N) is 1. The molecule has 1 saturated carbocycles. The van der Waals surface area contributed by atoms with Crippen molar-refractivity contribution in [3.05, 3.63) is 33.2 Å². The van der Waals surface area contributed by atoms with Gasteiger partial charge in [-0.15, -0.1) is 16.4 Å². The number of likely N-dealkylation sites (tertiary alicyclic amines) is 1. The second kappa shape index (κ2) is 10.3. The van der Waals surface area contributed by atoms with Gasteiger partial charge in [-0.2, -0.15) is 0 Å². The van der Waals surface area contributed by atoms with Crippen LogP contribution in [0.4, 0.5) is 0 Å². The minimum atomic E-state index is -0.721. The Bertz CT molecular complexity index is 1010. The monoisotopic (exact) mass is 507 g/mol. The number of hydrogen-bond acceptors (Lipinski definition) is 6. The number of amides is 2. The molecule has 2 fully saturated rings. The number of aryl methyl sites for hydroxylation is 1. The Morgan fingerprint density at radius 2 is 2.06 bits per heavy atom.